The van der Waals surface area contributed by atoms with Crippen molar-refractivity contribution in [1.82, 2.24) is 15.1 Å². The molecule has 2 aliphatic rings. The summed E-state index contributed by atoms with van der Waals surface area (Å²) in [4.78, 5) is 9.51. The van der Waals surface area contributed by atoms with Crippen LogP contribution in [0.3, 0.4) is 0 Å². The van der Waals surface area contributed by atoms with Gasteiger partial charge in [0, 0.05) is 45.9 Å². The molecule has 26 heavy (non-hydrogen) atoms. The third-order valence-electron chi connectivity index (χ3n) is 5.58. The molecular formula is C21H34N4O. The van der Waals surface area contributed by atoms with E-state index in [0.29, 0.717) is 12.1 Å². The lowest BCUT2D eigenvalue weighted by molar-refractivity contribution is 0.0263. The Kier molecular flexibility index (Phi) is 7.32. The van der Waals surface area contributed by atoms with Gasteiger partial charge >= 0.3 is 0 Å². The minimum absolute atomic E-state index is 0.422. The molecule has 144 valence electrons. The molecule has 5 nitrogen and oxygen atoms in total. The fraction of sp³-hybridized carbons (Fsp3) is 0.667. The normalized spacial score (nSPS) is 22.8. The average molecular weight is 359 g/mol. The highest BCUT2D eigenvalue weighted by Gasteiger charge is 2.26. The Morgan fingerprint density at radius 2 is 1.92 bits per heavy atom. The predicted octanol–water partition coefficient (Wildman–Crippen LogP) is 2.73. The summed E-state index contributed by atoms with van der Waals surface area (Å²) in [6, 6.07) is 11.4. The van der Waals surface area contributed by atoms with E-state index in [1.807, 2.05) is 7.05 Å². The largest absolute Gasteiger partial charge is 0.378 e. The van der Waals surface area contributed by atoms with Crippen LogP contribution >= 0.6 is 0 Å². The lowest BCUT2D eigenvalue weighted by Crippen LogP contribution is -2.49. The molecule has 1 N–H and O–H groups in total. The summed E-state index contributed by atoms with van der Waals surface area (Å²) in [6.45, 7) is 8.17. The van der Waals surface area contributed by atoms with E-state index in [9.17, 15) is 0 Å². The van der Waals surface area contributed by atoms with Crippen LogP contribution < -0.4 is 5.32 Å². The number of likely N-dealkylation sites (tertiary alicyclic amines) is 2. The second kappa shape index (κ2) is 9.93. The summed E-state index contributed by atoms with van der Waals surface area (Å²) >= 11 is 0. The molecule has 2 heterocycles. The number of guanidine groups is 1. The Morgan fingerprint density at radius 3 is 2.62 bits per heavy atom. The summed E-state index contributed by atoms with van der Waals surface area (Å²) in [5.74, 6) is 1.05. The van der Waals surface area contributed by atoms with Gasteiger partial charge in [0.2, 0.25) is 0 Å². The first kappa shape index (κ1) is 19.2. The van der Waals surface area contributed by atoms with E-state index in [0.717, 1.165) is 51.6 Å². The van der Waals surface area contributed by atoms with Gasteiger partial charge in [-0.25, -0.2) is 0 Å². The lowest BCUT2D eigenvalue weighted by atomic mass is 10.1. The van der Waals surface area contributed by atoms with Gasteiger partial charge in [-0.2, -0.15) is 0 Å². The molecule has 3 rings (SSSR count). The van der Waals surface area contributed by atoms with Crippen LogP contribution in [0.15, 0.2) is 35.3 Å². The monoisotopic (exact) mass is 358 g/mol. The molecule has 2 aliphatic heterocycles. The van der Waals surface area contributed by atoms with Crippen molar-refractivity contribution in [3.63, 3.8) is 0 Å². The topological polar surface area (TPSA) is 40.1 Å². The van der Waals surface area contributed by atoms with Crippen LogP contribution in [0, 0.1) is 0 Å². The van der Waals surface area contributed by atoms with Gasteiger partial charge in [-0.3, -0.25) is 9.89 Å². The predicted molar refractivity (Wildman–Crippen MR) is 107 cm³/mol. The van der Waals surface area contributed by atoms with E-state index in [1.165, 1.54) is 24.9 Å². The first-order valence-electron chi connectivity index (χ1n) is 10.1. The van der Waals surface area contributed by atoms with Crippen molar-refractivity contribution in [2.24, 2.45) is 4.99 Å². The Balaban J connectivity index is 1.47. The van der Waals surface area contributed by atoms with Crippen molar-refractivity contribution in [3.8, 4) is 0 Å². The van der Waals surface area contributed by atoms with Gasteiger partial charge in [-0.15, -0.1) is 0 Å². The molecule has 0 aromatic heterocycles. The number of nitrogens with one attached hydrogen (secondary N) is 1. The Bertz CT molecular complexity index is 554. The molecule has 0 radical (unpaired) electrons. The van der Waals surface area contributed by atoms with Gasteiger partial charge in [-0.05, 0) is 44.7 Å². The number of rotatable bonds is 6. The molecule has 0 spiro atoms. The van der Waals surface area contributed by atoms with Crippen LogP contribution in [-0.4, -0.2) is 67.7 Å². The number of benzene rings is 1. The zero-order valence-corrected chi connectivity index (χ0v) is 16.4. The Morgan fingerprint density at radius 1 is 1.15 bits per heavy atom. The quantitative estimate of drug-likeness (QED) is 0.627. The maximum Gasteiger partial charge on any atom is 0.193 e. The van der Waals surface area contributed by atoms with Gasteiger partial charge in [0.05, 0.1) is 6.10 Å². The van der Waals surface area contributed by atoms with Gasteiger partial charge < -0.3 is 15.0 Å². The van der Waals surface area contributed by atoms with Crippen molar-refractivity contribution in [1.29, 1.82) is 0 Å². The van der Waals surface area contributed by atoms with Crippen molar-refractivity contribution in [3.05, 3.63) is 35.9 Å². The van der Waals surface area contributed by atoms with Crippen LogP contribution in [-0.2, 0) is 11.3 Å². The van der Waals surface area contributed by atoms with E-state index < -0.39 is 0 Å². The molecular weight excluding hydrogens is 324 g/mol. The van der Waals surface area contributed by atoms with Crippen molar-refractivity contribution < 1.29 is 4.74 Å². The van der Waals surface area contributed by atoms with Crippen LogP contribution in [0.2, 0.25) is 0 Å². The molecule has 0 bridgehead atoms. The van der Waals surface area contributed by atoms with E-state index in [1.54, 1.807) is 0 Å². The molecule has 0 amide bonds. The maximum absolute atomic E-state index is 5.76. The SMILES string of the molecule is CCOC1CCN(C(=NC)NCC2CCCN2Cc2ccccc2)CC1. The van der Waals surface area contributed by atoms with Crippen LogP contribution in [0.1, 0.15) is 38.2 Å². The highest BCUT2D eigenvalue weighted by molar-refractivity contribution is 5.80. The summed E-state index contributed by atoms with van der Waals surface area (Å²) in [7, 11) is 1.90. The maximum atomic E-state index is 5.76. The molecule has 0 aliphatic carbocycles. The number of nitrogens with zero attached hydrogens (tertiary/aromatic N) is 3. The van der Waals surface area contributed by atoms with E-state index in [-0.39, 0.29) is 0 Å². The van der Waals surface area contributed by atoms with E-state index in [4.69, 9.17) is 4.74 Å². The van der Waals surface area contributed by atoms with Gasteiger partial charge in [-0.1, -0.05) is 30.3 Å². The third-order valence-corrected chi connectivity index (χ3v) is 5.58. The van der Waals surface area contributed by atoms with Crippen LogP contribution in [0.5, 0.6) is 0 Å². The minimum atomic E-state index is 0.422. The first-order valence-corrected chi connectivity index (χ1v) is 10.1. The van der Waals surface area contributed by atoms with Crippen LogP contribution in [0.25, 0.3) is 0 Å². The Hall–Kier alpha value is -1.59. The molecule has 1 aromatic rings. The molecule has 5 heteroatoms. The van der Waals surface area contributed by atoms with Crippen molar-refractivity contribution >= 4 is 5.96 Å². The minimum Gasteiger partial charge on any atom is -0.378 e. The fourth-order valence-corrected chi connectivity index (χ4v) is 4.16. The zero-order valence-electron chi connectivity index (χ0n) is 16.4. The summed E-state index contributed by atoms with van der Waals surface area (Å²) in [5, 5.41) is 3.64. The number of piperidine rings is 1. The van der Waals surface area contributed by atoms with Crippen molar-refractivity contribution in [2.45, 2.75) is 51.3 Å². The van der Waals surface area contributed by atoms with Crippen LogP contribution in [0.4, 0.5) is 0 Å². The molecule has 2 saturated heterocycles. The fourth-order valence-electron chi connectivity index (χ4n) is 4.16. The van der Waals surface area contributed by atoms with Gasteiger partial charge in [0.15, 0.2) is 5.96 Å². The third kappa shape index (κ3) is 5.21. The Labute approximate surface area is 158 Å². The standard InChI is InChI=1S/C21H34N4O/c1-3-26-20-11-14-24(15-12-20)21(22-2)23-16-19-10-7-13-25(19)17-18-8-5-4-6-9-18/h4-6,8-9,19-20H,3,7,10-17H2,1-2H3,(H,22,23). The number of hydrogen-bond acceptors (Lipinski definition) is 3. The first-order chi connectivity index (χ1) is 12.8. The highest BCUT2D eigenvalue weighted by atomic mass is 16.5. The lowest BCUT2D eigenvalue weighted by Gasteiger charge is -2.35. The molecule has 1 atom stereocenters. The number of ether oxygens (including phenoxy) is 1. The van der Waals surface area contributed by atoms with Crippen molar-refractivity contribution in [2.75, 3.05) is 39.8 Å². The molecule has 0 saturated carbocycles. The second-order valence-corrected chi connectivity index (χ2v) is 7.32. The second-order valence-electron chi connectivity index (χ2n) is 7.32. The average Bonchev–Trinajstić information content (AvgIpc) is 3.11. The van der Waals surface area contributed by atoms with E-state index >= 15 is 0 Å². The zero-order chi connectivity index (χ0) is 18.2. The molecule has 2 fully saturated rings. The highest BCUT2D eigenvalue weighted by Crippen LogP contribution is 2.20. The summed E-state index contributed by atoms with van der Waals surface area (Å²) in [5.41, 5.74) is 1.40. The number of hydrogen-bond donors (Lipinski definition) is 1. The molecule has 1 aromatic carbocycles. The summed E-state index contributed by atoms with van der Waals surface area (Å²) < 4.78 is 5.76. The smallest absolute Gasteiger partial charge is 0.193 e. The number of aliphatic imine (C=N–C) groups is 1. The van der Waals surface area contributed by atoms with Gasteiger partial charge in [0.1, 0.15) is 0 Å². The molecule has 1 unspecified atom stereocenters. The van der Waals surface area contributed by atoms with E-state index in [2.05, 4.69) is 57.4 Å². The summed E-state index contributed by atoms with van der Waals surface area (Å²) in [6.07, 6.45) is 5.17. The van der Waals surface area contributed by atoms with Gasteiger partial charge in [0.25, 0.3) is 0 Å².